The zero-order valence-electron chi connectivity index (χ0n) is 12.3. The average molecular weight is 311 g/mol. The Morgan fingerprint density at radius 2 is 2.10 bits per heavy atom. The molecule has 116 valence electrons. The Morgan fingerprint density at radius 1 is 1.38 bits per heavy atom. The topological polar surface area (TPSA) is 72.5 Å². The highest BCUT2D eigenvalue weighted by atomic mass is 32.2. The molecule has 0 saturated carbocycles. The standard InChI is InChI=1S/C15H21NO4S/c1-11(2)9-21(18,19)10-15(17)16-8-13-7-12-5-3-4-6-14(12)20-13/h3-6,11,13H,7-10H2,1-2H3,(H,16,17)/t13-/m0/s1. The second-order valence-electron chi connectivity index (χ2n) is 5.80. The van der Waals surface area contributed by atoms with Crippen molar-refractivity contribution in [1.82, 2.24) is 5.32 Å². The molecule has 0 fully saturated rings. The summed E-state index contributed by atoms with van der Waals surface area (Å²) in [5.41, 5.74) is 1.11. The Kier molecular flexibility index (Phi) is 4.88. The SMILES string of the molecule is CC(C)CS(=O)(=O)CC(=O)NC[C@@H]1Cc2ccccc2O1. The zero-order valence-corrected chi connectivity index (χ0v) is 13.2. The van der Waals surface area contributed by atoms with Gasteiger partial charge in [-0.15, -0.1) is 0 Å². The molecule has 0 unspecified atom stereocenters. The Bertz CT molecular complexity index is 585. The molecule has 2 rings (SSSR count). The van der Waals surface area contributed by atoms with E-state index in [1.165, 1.54) is 0 Å². The molecule has 21 heavy (non-hydrogen) atoms. The molecule has 5 nitrogen and oxygen atoms in total. The molecule has 1 aromatic carbocycles. The third-order valence-corrected chi connectivity index (χ3v) is 5.06. The molecule has 6 heteroatoms. The minimum absolute atomic E-state index is 0.0236. The number of para-hydroxylation sites is 1. The van der Waals surface area contributed by atoms with Crippen LogP contribution in [0, 0.1) is 5.92 Å². The second-order valence-corrected chi connectivity index (χ2v) is 7.91. The summed E-state index contributed by atoms with van der Waals surface area (Å²) in [6.45, 7) is 3.96. The molecule has 0 radical (unpaired) electrons. The van der Waals surface area contributed by atoms with Gasteiger partial charge in [-0.05, 0) is 17.5 Å². The predicted octanol–water partition coefficient (Wildman–Crippen LogP) is 1.18. The minimum Gasteiger partial charge on any atom is -0.488 e. The van der Waals surface area contributed by atoms with Gasteiger partial charge < -0.3 is 10.1 Å². The van der Waals surface area contributed by atoms with Crippen LogP contribution in [-0.4, -0.2) is 38.5 Å². The van der Waals surface area contributed by atoms with Crippen LogP contribution in [0.25, 0.3) is 0 Å². The number of ether oxygens (including phenoxy) is 1. The molecule has 0 aromatic heterocycles. The fraction of sp³-hybridized carbons (Fsp3) is 0.533. The van der Waals surface area contributed by atoms with E-state index >= 15 is 0 Å². The fourth-order valence-corrected chi connectivity index (χ4v) is 4.05. The van der Waals surface area contributed by atoms with E-state index in [-0.39, 0.29) is 17.8 Å². The van der Waals surface area contributed by atoms with Gasteiger partial charge in [0.15, 0.2) is 9.84 Å². The molecule has 0 bridgehead atoms. The summed E-state index contributed by atoms with van der Waals surface area (Å²) in [5.74, 6) is -0.0220. The first-order valence-corrected chi connectivity index (χ1v) is 8.89. The first-order chi connectivity index (χ1) is 9.85. The lowest BCUT2D eigenvalue weighted by Crippen LogP contribution is -2.38. The molecule has 0 aliphatic carbocycles. The van der Waals surface area contributed by atoms with Crippen LogP contribution in [0.1, 0.15) is 19.4 Å². The van der Waals surface area contributed by atoms with Crippen LogP contribution in [0.5, 0.6) is 5.75 Å². The van der Waals surface area contributed by atoms with Crippen molar-refractivity contribution in [2.75, 3.05) is 18.1 Å². The van der Waals surface area contributed by atoms with Crippen molar-refractivity contribution in [3.8, 4) is 5.75 Å². The number of carbonyl (C=O) groups excluding carboxylic acids is 1. The van der Waals surface area contributed by atoms with E-state index in [1.807, 2.05) is 38.1 Å². The van der Waals surface area contributed by atoms with Crippen LogP contribution in [0.15, 0.2) is 24.3 Å². The number of amides is 1. The van der Waals surface area contributed by atoms with Gasteiger partial charge in [0.25, 0.3) is 0 Å². The average Bonchev–Trinajstić information content (AvgIpc) is 2.76. The normalized spacial score (nSPS) is 17.4. The first kappa shape index (κ1) is 15.8. The Hall–Kier alpha value is -1.56. The molecule has 1 aromatic rings. The number of carbonyl (C=O) groups is 1. The van der Waals surface area contributed by atoms with Gasteiger partial charge in [0.2, 0.25) is 5.91 Å². The maximum Gasteiger partial charge on any atom is 0.235 e. The highest BCUT2D eigenvalue weighted by Crippen LogP contribution is 2.27. The van der Waals surface area contributed by atoms with Crippen molar-refractivity contribution in [2.24, 2.45) is 5.92 Å². The van der Waals surface area contributed by atoms with Crippen LogP contribution in [0.3, 0.4) is 0 Å². The molecule has 1 aliphatic heterocycles. The van der Waals surface area contributed by atoms with Crippen LogP contribution in [0.4, 0.5) is 0 Å². The van der Waals surface area contributed by atoms with E-state index in [0.29, 0.717) is 6.54 Å². The summed E-state index contributed by atoms with van der Waals surface area (Å²) in [7, 11) is -3.33. The number of hydrogen-bond acceptors (Lipinski definition) is 4. The zero-order chi connectivity index (χ0) is 15.5. The molecular weight excluding hydrogens is 290 g/mol. The van der Waals surface area contributed by atoms with Gasteiger partial charge in [-0.2, -0.15) is 0 Å². The molecule has 1 heterocycles. The largest absolute Gasteiger partial charge is 0.488 e. The van der Waals surface area contributed by atoms with E-state index in [9.17, 15) is 13.2 Å². The van der Waals surface area contributed by atoms with Gasteiger partial charge in [0, 0.05) is 6.42 Å². The molecule has 1 atom stereocenters. The quantitative estimate of drug-likeness (QED) is 0.856. The molecule has 0 spiro atoms. The molecule has 1 amide bonds. The summed E-state index contributed by atoms with van der Waals surface area (Å²) >= 11 is 0. The van der Waals surface area contributed by atoms with Crippen LogP contribution >= 0.6 is 0 Å². The van der Waals surface area contributed by atoms with E-state index in [1.54, 1.807) is 0 Å². The highest BCUT2D eigenvalue weighted by Gasteiger charge is 2.24. The summed E-state index contributed by atoms with van der Waals surface area (Å²) in [5, 5.41) is 2.65. The third kappa shape index (κ3) is 4.74. The van der Waals surface area contributed by atoms with E-state index in [0.717, 1.165) is 17.7 Å². The van der Waals surface area contributed by atoms with E-state index in [4.69, 9.17) is 4.74 Å². The van der Waals surface area contributed by atoms with Crippen molar-refractivity contribution in [1.29, 1.82) is 0 Å². The summed E-state index contributed by atoms with van der Waals surface area (Å²) in [4.78, 5) is 11.7. The van der Waals surface area contributed by atoms with E-state index in [2.05, 4.69) is 5.32 Å². The lowest BCUT2D eigenvalue weighted by atomic mass is 10.1. The Morgan fingerprint density at radius 3 is 2.76 bits per heavy atom. The number of nitrogens with one attached hydrogen (secondary N) is 1. The molecule has 1 N–H and O–H groups in total. The number of rotatable bonds is 6. The maximum absolute atomic E-state index is 11.7. The Labute approximate surface area is 125 Å². The van der Waals surface area contributed by atoms with Gasteiger partial charge >= 0.3 is 0 Å². The van der Waals surface area contributed by atoms with Crippen LogP contribution < -0.4 is 10.1 Å². The first-order valence-electron chi connectivity index (χ1n) is 7.07. The second kappa shape index (κ2) is 6.47. The third-order valence-electron chi connectivity index (χ3n) is 3.18. The smallest absolute Gasteiger partial charge is 0.235 e. The van der Waals surface area contributed by atoms with Gasteiger partial charge in [0.05, 0.1) is 12.3 Å². The highest BCUT2D eigenvalue weighted by molar-refractivity contribution is 7.92. The van der Waals surface area contributed by atoms with Crippen molar-refractivity contribution in [3.63, 3.8) is 0 Å². The number of benzene rings is 1. The number of fused-ring (bicyclic) bond motifs is 1. The minimum atomic E-state index is -3.33. The van der Waals surface area contributed by atoms with Gasteiger partial charge in [-0.3, -0.25) is 4.79 Å². The van der Waals surface area contributed by atoms with Crippen molar-refractivity contribution in [3.05, 3.63) is 29.8 Å². The van der Waals surface area contributed by atoms with Gasteiger partial charge in [-0.1, -0.05) is 32.0 Å². The Balaban J connectivity index is 1.78. The van der Waals surface area contributed by atoms with E-state index < -0.39 is 21.5 Å². The lowest BCUT2D eigenvalue weighted by Gasteiger charge is -2.12. The van der Waals surface area contributed by atoms with Crippen molar-refractivity contribution >= 4 is 15.7 Å². The molecule has 0 saturated heterocycles. The maximum atomic E-state index is 11.7. The molecule has 1 aliphatic rings. The lowest BCUT2D eigenvalue weighted by molar-refractivity contribution is -0.118. The summed E-state index contributed by atoms with van der Waals surface area (Å²) in [6.07, 6.45) is 0.606. The van der Waals surface area contributed by atoms with Crippen molar-refractivity contribution in [2.45, 2.75) is 26.4 Å². The van der Waals surface area contributed by atoms with Crippen molar-refractivity contribution < 1.29 is 17.9 Å². The van der Waals surface area contributed by atoms with Gasteiger partial charge in [0.1, 0.15) is 17.6 Å². The fourth-order valence-electron chi connectivity index (χ4n) is 2.41. The number of sulfone groups is 1. The monoisotopic (exact) mass is 311 g/mol. The van der Waals surface area contributed by atoms with Crippen LogP contribution in [-0.2, 0) is 21.1 Å². The molecular formula is C15H21NO4S. The number of hydrogen-bond donors (Lipinski definition) is 1. The van der Waals surface area contributed by atoms with Gasteiger partial charge in [-0.25, -0.2) is 8.42 Å². The summed E-state index contributed by atoms with van der Waals surface area (Å²) < 4.78 is 29.2. The predicted molar refractivity (Wildman–Crippen MR) is 81.1 cm³/mol. The van der Waals surface area contributed by atoms with Crippen LogP contribution in [0.2, 0.25) is 0 Å². The summed E-state index contributed by atoms with van der Waals surface area (Å²) in [6, 6.07) is 7.73.